The van der Waals surface area contributed by atoms with Gasteiger partial charge in [-0.05, 0) is 43.5 Å². The first kappa shape index (κ1) is 20.2. The molecule has 6 heteroatoms. The molecule has 0 heterocycles. The Labute approximate surface area is 169 Å². The van der Waals surface area contributed by atoms with E-state index in [9.17, 15) is 9.59 Å². The van der Waals surface area contributed by atoms with Crippen molar-refractivity contribution in [3.63, 3.8) is 0 Å². The van der Waals surface area contributed by atoms with Crippen LogP contribution in [0.15, 0.2) is 60.7 Å². The molecule has 0 saturated heterocycles. The van der Waals surface area contributed by atoms with E-state index in [1.165, 1.54) is 13.2 Å². The molecule has 29 heavy (non-hydrogen) atoms. The number of nitrogens with one attached hydrogen (secondary N) is 1. The van der Waals surface area contributed by atoms with E-state index in [0.717, 1.165) is 10.8 Å². The van der Waals surface area contributed by atoms with Crippen molar-refractivity contribution in [3.8, 4) is 11.5 Å². The lowest BCUT2D eigenvalue weighted by molar-refractivity contribution is -0.119. The summed E-state index contributed by atoms with van der Waals surface area (Å²) in [7, 11) is 1.50. The normalized spacial score (nSPS) is 10.6. The molecule has 0 spiro atoms. The van der Waals surface area contributed by atoms with Crippen molar-refractivity contribution in [2.75, 3.05) is 19.0 Å². The van der Waals surface area contributed by atoms with Crippen LogP contribution < -0.4 is 14.8 Å². The van der Waals surface area contributed by atoms with E-state index in [1.807, 2.05) is 50.2 Å². The molecule has 3 aromatic rings. The largest absolute Gasteiger partial charge is 0.493 e. The molecule has 0 aliphatic rings. The first-order valence-electron chi connectivity index (χ1n) is 9.27. The molecular formula is C23H23NO5. The number of ether oxygens (including phenoxy) is 3. The van der Waals surface area contributed by atoms with Crippen LogP contribution in [0.3, 0.4) is 0 Å². The predicted molar refractivity (Wildman–Crippen MR) is 112 cm³/mol. The Morgan fingerprint density at radius 1 is 0.966 bits per heavy atom. The van der Waals surface area contributed by atoms with Crippen molar-refractivity contribution in [1.29, 1.82) is 0 Å². The van der Waals surface area contributed by atoms with Crippen LogP contribution in [0.2, 0.25) is 0 Å². The van der Waals surface area contributed by atoms with Crippen molar-refractivity contribution < 1.29 is 23.8 Å². The summed E-state index contributed by atoms with van der Waals surface area (Å²) in [5.41, 5.74) is 0.942. The van der Waals surface area contributed by atoms with Crippen molar-refractivity contribution in [2.45, 2.75) is 20.0 Å². The van der Waals surface area contributed by atoms with Gasteiger partial charge in [-0.25, -0.2) is 4.79 Å². The SMILES string of the molecule is COc1cc(C(=O)OCC(=O)Nc2cccc3ccccc23)ccc1OC(C)C. The number of hydrogen-bond acceptors (Lipinski definition) is 5. The molecule has 0 aromatic heterocycles. The zero-order valence-corrected chi connectivity index (χ0v) is 16.6. The maximum atomic E-state index is 12.3. The maximum Gasteiger partial charge on any atom is 0.338 e. The lowest BCUT2D eigenvalue weighted by Crippen LogP contribution is -2.21. The van der Waals surface area contributed by atoms with E-state index in [-0.39, 0.29) is 11.7 Å². The average Bonchev–Trinajstić information content (AvgIpc) is 2.72. The van der Waals surface area contributed by atoms with Gasteiger partial charge in [0.25, 0.3) is 5.91 Å². The van der Waals surface area contributed by atoms with Gasteiger partial charge in [0.1, 0.15) is 0 Å². The van der Waals surface area contributed by atoms with Gasteiger partial charge in [-0.3, -0.25) is 4.79 Å². The minimum absolute atomic E-state index is 0.0283. The summed E-state index contributed by atoms with van der Waals surface area (Å²) in [5, 5.41) is 4.71. The number of carbonyl (C=O) groups is 2. The Bertz CT molecular complexity index is 1020. The molecule has 0 saturated carbocycles. The topological polar surface area (TPSA) is 73.9 Å². The average molecular weight is 393 g/mol. The van der Waals surface area contributed by atoms with Gasteiger partial charge in [0.05, 0.1) is 18.8 Å². The summed E-state index contributed by atoms with van der Waals surface area (Å²) < 4.78 is 16.0. The van der Waals surface area contributed by atoms with Gasteiger partial charge in [0.2, 0.25) is 0 Å². The number of amides is 1. The van der Waals surface area contributed by atoms with Gasteiger partial charge in [0.15, 0.2) is 18.1 Å². The molecule has 3 rings (SSSR count). The van der Waals surface area contributed by atoms with Crippen molar-refractivity contribution in [3.05, 3.63) is 66.2 Å². The second kappa shape index (κ2) is 9.10. The van der Waals surface area contributed by atoms with Crippen LogP contribution in [0.5, 0.6) is 11.5 Å². The molecule has 3 aromatic carbocycles. The quantitative estimate of drug-likeness (QED) is 0.601. The minimum Gasteiger partial charge on any atom is -0.493 e. The summed E-state index contributed by atoms with van der Waals surface area (Å²) in [5.74, 6) is -0.0741. The van der Waals surface area contributed by atoms with Gasteiger partial charge < -0.3 is 19.5 Å². The van der Waals surface area contributed by atoms with Gasteiger partial charge in [0, 0.05) is 11.1 Å². The van der Waals surface area contributed by atoms with Crippen LogP contribution in [0, 0.1) is 0 Å². The van der Waals surface area contributed by atoms with E-state index in [0.29, 0.717) is 17.2 Å². The summed E-state index contributed by atoms with van der Waals surface area (Å²) >= 11 is 0. The Hall–Kier alpha value is -3.54. The van der Waals surface area contributed by atoms with E-state index >= 15 is 0 Å². The summed E-state index contributed by atoms with van der Waals surface area (Å²) in [4.78, 5) is 24.6. The molecule has 0 aliphatic carbocycles. The van der Waals surface area contributed by atoms with E-state index in [1.54, 1.807) is 18.2 Å². The second-order valence-corrected chi connectivity index (χ2v) is 6.68. The fraction of sp³-hybridized carbons (Fsp3) is 0.217. The summed E-state index contributed by atoms with van der Waals surface area (Å²) in [6, 6.07) is 18.1. The number of carbonyl (C=O) groups excluding carboxylic acids is 2. The lowest BCUT2D eigenvalue weighted by Gasteiger charge is -2.14. The number of methoxy groups -OCH3 is 1. The molecule has 1 N–H and O–H groups in total. The van der Waals surface area contributed by atoms with Gasteiger partial charge in [-0.2, -0.15) is 0 Å². The number of esters is 1. The van der Waals surface area contributed by atoms with Gasteiger partial charge in [-0.15, -0.1) is 0 Å². The third-order valence-corrected chi connectivity index (χ3v) is 4.16. The Morgan fingerprint density at radius 3 is 2.48 bits per heavy atom. The smallest absolute Gasteiger partial charge is 0.338 e. The highest BCUT2D eigenvalue weighted by molar-refractivity contribution is 6.03. The fourth-order valence-electron chi connectivity index (χ4n) is 2.88. The number of benzene rings is 3. The summed E-state index contributed by atoms with van der Waals surface area (Å²) in [6.07, 6.45) is -0.0283. The highest BCUT2D eigenvalue weighted by Crippen LogP contribution is 2.29. The Balaban J connectivity index is 1.63. The van der Waals surface area contributed by atoms with Crippen LogP contribution in [-0.4, -0.2) is 31.7 Å². The minimum atomic E-state index is -0.618. The predicted octanol–water partition coefficient (Wildman–Crippen LogP) is 4.43. The van der Waals surface area contributed by atoms with Crippen LogP contribution >= 0.6 is 0 Å². The van der Waals surface area contributed by atoms with Crippen LogP contribution in [0.1, 0.15) is 24.2 Å². The highest BCUT2D eigenvalue weighted by atomic mass is 16.5. The number of fused-ring (bicyclic) bond motifs is 1. The highest BCUT2D eigenvalue weighted by Gasteiger charge is 2.15. The third-order valence-electron chi connectivity index (χ3n) is 4.16. The standard InChI is InChI=1S/C23H23NO5/c1-15(2)29-20-12-11-17(13-21(20)27-3)23(26)28-14-22(25)24-19-10-6-8-16-7-4-5-9-18(16)19/h4-13,15H,14H2,1-3H3,(H,24,25). The zero-order chi connectivity index (χ0) is 20.8. The molecular weight excluding hydrogens is 370 g/mol. The number of rotatable bonds is 7. The molecule has 150 valence electrons. The molecule has 0 bridgehead atoms. The number of hydrogen-bond donors (Lipinski definition) is 1. The van der Waals surface area contributed by atoms with Crippen LogP contribution in [-0.2, 0) is 9.53 Å². The van der Waals surface area contributed by atoms with Crippen molar-refractivity contribution in [1.82, 2.24) is 0 Å². The summed E-state index contributed by atoms with van der Waals surface area (Å²) in [6.45, 7) is 3.40. The van der Waals surface area contributed by atoms with Crippen LogP contribution in [0.4, 0.5) is 5.69 Å². The van der Waals surface area contributed by atoms with Gasteiger partial charge >= 0.3 is 5.97 Å². The molecule has 6 nitrogen and oxygen atoms in total. The molecule has 1 amide bonds. The number of anilines is 1. The first-order valence-corrected chi connectivity index (χ1v) is 9.27. The molecule has 0 radical (unpaired) electrons. The molecule has 0 atom stereocenters. The third kappa shape index (κ3) is 5.04. The maximum absolute atomic E-state index is 12.3. The van der Waals surface area contributed by atoms with E-state index < -0.39 is 18.5 Å². The molecule has 0 aliphatic heterocycles. The fourth-order valence-corrected chi connectivity index (χ4v) is 2.88. The van der Waals surface area contributed by atoms with E-state index in [4.69, 9.17) is 14.2 Å². The first-order chi connectivity index (χ1) is 14.0. The zero-order valence-electron chi connectivity index (χ0n) is 16.6. The van der Waals surface area contributed by atoms with Crippen LogP contribution in [0.25, 0.3) is 10.8 Å². The lowest BCUT2D eigenvalue weighted by atomic mass is 10.1. The Kier molecular flexibility index (Phi) is 6.34. The molecule has 0 unspecified atom stereocenters. The Morgan fingerprint density at radius 2 is 1.72 bits per heavy atom. The second-order valence-electron chi connectivity index (χ2n) is 6.68. The monoisotopic (exact) mass is 393 g/mol. The molecule has 0 fully saturated rings. The van der Waals surface area contributed by atoms with Gasteiger partial charge in [-0.1, -0.05) is 36.4 Å². The van der Waals surface area contributed by atoms with Crippen molar-refractivity contribution >= 4 is 28.3 Å². The van der Waals surface area contributed by atoms with Crippen molar-refractivity contribution in [2.24, 2.45) is 0 Å². The van der Waals surface area contributed by atoms with E-state index in [2.05, 4.69) is 5.32 Å².